The Morgan fingerprint density at radius 3 is 1.33 bits per heavy atom. The van der Waals surface area contributed by atoms with E-state index in [1.807, 2.05) is 18.2 Å². The molecule has 0 spiro atoms. The molecule has 3 saturated heterocycles. The monoisotopic (exact) mass is 917 g/mol. The van der Waals surface area contributed by atoms with Gasteiger partial charge < -0.3 is 24.4 Å². The van der Waals surface area contributed by atoms with Gasteiger partial charge in [-0.2, -0.15) is 15.8 Å². The van der Waals surface area contributed by atoms with Crippen LogP contribution in [0.2, 0.25) is 0 Å². The maximum absolute atomic E-state index is 14.2. The molecule has 0 amide bonds. The predicted molar refractivity (Wildman–Crippen MR) is 218 cm³/mol. The average Bonchev–Trinajstić information content (AvgIpc) is 3.84. The molecule has 2 N–H and O–H groups in total. The fraction of sp³-hybridized carbons (Fsp3) is 0.900. The number of hydrogen-bond donors (Lipinski definition) is 2. The second-order valence-corrected chi connectivity index (χ2v) is 20.9. The summed E-state index contributed by atoms with van der Waals surface area (Å²) in [4.78, 5) is 0. The molecule has 0 aliphatic carbocycles. The SMILES string of the molecule is B[C@H]1C[C@@H](OP(=O)(OCCC#N)OC[C@H]2O[C@@H](B)C[C@H]2OP(=O)(OCCC#N)OC[C@H]2O[C@@H](B)C[C@H]2OP(=O)(OCCC#N)OCCCSSCCCO)[C@@H](CO)O1. The van der Waals surface area contributed by atoms with Crippen LogP contribution in [-0.2, 0) is 68.6 Å². The summed E-state index contributed by atoms with van der Waals surface area (Å²) in [5.41, 5.74) is 0. The number of aliphatic hydroxyl groups excluding tert-OH is 2. The molecule has 0 aromatic rings. The van der Waals surface area contributed by atoms with Gasteiger partial charge in [0.1, 0.15) is 41.9 Å². The summed E-state index contributed by atoms with van der Waals surface area (Å²) in [6.45, 7) is -1.93. The Bertz CT molecular complexity index is 1500. The lowest BCUT2D eigenvalue weighted by atomic mass is 9.96. The highest BCUT2D eigenvalue weighted by atomic mass is 33.1. The van der Waals surface area contributed by atoms with Gasteiger partial charge in [-0.3, -0.25) is 40.7 Å². The van der Waals surface area contributed by atoms with E-state index in [1.54, 1.807) is 45.1 Å². The predicted octanol–water partition coefficient (Wildman–Crippen LogP) is 1.70. The minimum absolute atomic E-state index is 0.0369. The van der Waals surface area contributed by atoms with Crippen molar-refractivity contribution < 1.29 is 78.8 Å². The molecule has 3 heterocycles. The molecule has 326 valence electrons. The standard InChI is InChI=1S/C30H53B3N3O17P3S2/c31-28-16-22(25(19-38)48-28)51-55(40,43-11-2-7-35)46-21-27-24(18-30(33)50-27)53-56(41,44-12-3-8-36)47-20-26-23(17-29(32)49-26)52-54(39,42-10-1-6-34)45-13-5-15-58-57-14-4-9-37/h22-30,37-38H,1-5,9-21,31-33H2/t22-,23-,24-,25-,26-,27-,28-,29-,30-,54?,55?,56?/m1/s1. The molecule has 0 radical (unpaired) electrons. The van der Waals surface area contributed by atoms with Gasteiger partial charge in [-0.25, -0.2) is 13.7 Å². The summed E-state index contributed by atoms with van der Waals surface area (Å²) >= 11 is 0. The van der Waals surface area contributed by atoms with Crippen molar-refractivity contribution >= 4 is 68.6 Å². The number of nitriles is 3. The molecule has 0 bridgehead atoms. The highest BCUT2D eigenvalue weighted by molar-refractivity contribution is 8.76. The molecule has 12 atom stereocenters. The Morgan fingerprint density at radius 2 is 0.931 bits per heavy atom. The fourth-order valence-corrected chi connectivity index (χ4v) is 12.2. The maximum atomic E-state index is 14.2. The minimum Gasteiger partial charge on any atom is -0.396 e. The van der Waals surface area contributed by atoms with Gasteiger partial charge >= 0.3 is 23.5 Å². The van der Waals surface area contributed by atoms with E-state index in [4.69, 9.17) is 75.8 Å². The lowest BCUT2D eigenvalue weighted by Gasteiger charge is -2.28. The van der Waals surface area contributed by atoms with E-state index in [9.17, 15) is 18.8 Å². The first-order valence-corrected chi connectivity index (χ1v) is 25.9. The first-order chi connectivity index (χ1) is 27.8. The van der Waals surface area contributed by atoms with E-state index in [0.717, 1.165) is 5.75 Å². The molecule has 0 aromatic heterocycles. The van der Waals surface area contributed by atoms with Crippen molar-refractivity contribution in [3.05, 3.63) is 0 Å². The van der Waals surface area contributed by atoms with E-state index < -0.39 is 91.9 Å². The third-order valence-corrected chi connectivity index (χ3v) is 15.5. The van der Waals surface area contributed by atoms with E-state index in [1.165, 1.54) is 0 Å². The largest absolute Gasteiger partial charge is 0.475 e. The number of aliphatic hydroxyl groups is 2. The summed E-state index contributed by atoms with van der Waals surface area (Å²) < 4.78 is 110. The molecular formula is C30H53B3N3O17P3S2. The van der Waals surface area contributed by atoms with Gasteiger partial charge in [0.15, 0.2) is 0 Å². The average molecular weight is 917 g/mol. The number of ether oxygens (including phenoxy) is 3. The first kappa shape index (κ1) is 51.8. The molecule has 3 unspecified atom stereocenters. The number of nitrogens with zero attached hydrogens (tertiary/aromatic N) is 3. The number of phosphoric acid groups is 3. The lowest BCUT2D eigenvalue weighted by Crippen LogP contribution is -2.32. The van der Waals surface area contributed by atoms with Crippen LogP contribution in [0.3, 0.4) is 0 Å². The Labute approximate surface area is 350 Å². The number of phosphoric ester groups is 3. The molecule has 0 aromatic carbocycles. The highest BCUT2D eigenvalue weighted by Crippen LogP contribution is 2.56. The molecule has 3 rings (SSSR count). The van der Waals surface area contributed by atoms with Crippen molar-refractivity contribution in [3.63, 3.8) is 0 Å². The van der Waals surface area contributed by atoms with E-state index in [-0.39, 0.29) is 71.1 Å². The Hall–Kier alpha value is -0.505. The smallest absolute Gasteiger partial charge is 0.396 e. The molecule has 0 saturated carbocycles. The summed E-state index contributed by atoms with van der Waals surface area (Å²) in [7, 11) is -4.67. The summed E-state index contributed by atoms with van der Waals surface area (Å²) in [6.07, 6.45) is -3.94. The molecule has 3 fully saturated rings. The van der Waals surface area contributed by atoms with Crippen LogP contribution in [0.15, 0.2) is 0 Å². The van der Waals surface area contributed by atoms with Crippen molar-refractivity contribution in [2.24, 2.45) is 0 Å². The minimum atomic E-state index is -4.52. The topological polar surface area (TPSA) is 274 Å². The number of hydrogen-bond acceptors (Lipinski definition) is 22. The lowest BCUT2D eigenvalue weighted by molar-refractivity contribution is -0.0386. The molecule has 3 aliphatic heterocycles. The quantitative estimate of drug-likeness (QED) is 0.0433. The van der Waals surface area contributed by atoms with Crippen LogP contribution < -0.4 is 0 Å². The summed E-state index contributed by atoms with van der Waals surface area (Å²) in [6, 6.07) is 4.54. The zero-order valence-corrected chi connectivity index (χ0v) is 37.3. The zero-order valence-electron chi connectivity index (χ0n) is 32.9. The first-order valence-electron chi connectivity index (χ1n) is 19.1. The van der Waals surface area contributed by atoms with Crippen LogP contribution in [0, 0.1) is 34.0 Å². The Morgan fingerprint density at radius 1 is 0.569 bits per heavy atom. The van der Waals surface area contributed by atoms with Crippen LogP contribution >= 0.6 is 45.1 Å². The third kappa shape index (κ3) is 18.9. The van der Waals surface area contributed by atoms with Crippen LogP contribution in [0.5, 0.6) is 0 Å². The summed E-state index contributed by atoms with van der Waals surface area (Å²) in [5.74, 6) is 1.47. The van der Waals surface area contributed by atoms with E-state index >= 15 is 0 Å². The maximum Gasteiger partial charge on any atom is 0.475 e. The molecule has 3 aliphatic rings. The molecule has 20 nitrogen and oxygen atoms in total. The van der Waals surface area contributed by atoms with Gasteiger partial charge in [-0.1, -0.05) is 21.6 Å². The van der Waals surface area contributed by atoms with Gasteiger partial charge in [0, 0.05) is 36.1 Å². The van der Waals surface area contributed by atoms with Gasteiger partial charge in [-0.05, 0) is 32.1 Å². The van der Waals surface area contributed by atoms with Crippen LogP contribution in [0.25, 0.3) is 0 Å². The Balaban J connectivity index is 1.69. The van der Waals surface area contributed by atoms with Crippen LogP contribution in [0.1, 0.15) is 51.4 Å². The zero-order chi connectivity index (χ0) is 42.4. The van der Waals surface area contributed by atoms with Crippen molar-refractivity contribution in [2.45, 2.75) is 106 Å². The van der Waals surface area contributed by atoms with E-state index in [2.05, 4.69) is 0 Å². The number of rotatable bonds is 31. The fourth-order valence-electron chi connectivity index (χ4n) is 5.81. The molecular weight excluding hydrogens is 864 g/mol. The van der Waals surface area contributed by atoms with Crippen LogP contribution in [-0.4, -0.2) is 153 Å². The van der Waals surface area contributed by atoms with Gasteiger partial charge in [0.2, 0.25) is 0 Å². The molecule has 58 heavy (non-hydrogen) atoms. The van der Waals surface area contributed by atoms with E-state index in [0.29, 0.717) is 25.0 Å². The second kappa shape index (κ2) is 27.5. The van der Waals surface area contributed by atoms with Crippen molar-refractivity contribution in [1.29, 1.82) is 15.8 Å². The van der Waals surface area contributed by atoms with Gasteiger partial charge in [0.05, 0.1) is 102 Å². The second-order valence-electron chi connectivity index (χ2n) is 13.3. The van der Waals surface area contributed by atoms with Crippen molar-refractivity contribution in [3.8, 4) is 18.2 Å². The highest BCUT2D eigenvalue weighted by Gasteiger charge is 2.46. The van der Waals surface area contributed by atoms with Crippen LogP contribution in [0.4, 0.5) is 0 Å². The third-order valence-electron chi connectivity index (χ3n) is 8.41. The molecule has 28 heteroatoms. The Kier molecular flexibility index (Phi) is 24.6. The van der Waals surface area contributed by atoms with Gasteiger partial charge in [-0.15, -0.1) is 0 Å². The van der Waals surface area contributed by atoms with Crippen molar-refractivity contribution in [2.75, 3.05) is 64.4 Å². The summed E-state index contributed by atoms with van der Waals surface area (Å²) in [5, 5.41) is 45.8. The van der Waals surface area contributed by atoms with Gasteiger partial charge in [0.25, 0.3) is 0 Å². The normalized spacial score (nSPS) is 30.2. The van der Waals surface area contributed by atoms with Crippen molar-refractivity contribution in [1.82, 2.24) is 0 Å².